The standard InChI is InChI=1S/C18H20F2N4O.ClH/c1-24-9-10(6-22-24)12-7-21-8-13(12)18(25)23-16-5-11(16)17-14(19)3-2-4-15(17)20;/h2-4,6,9,11-13,16,21H,5,7-8H2,1H3,(H,23,25);1H/t11?,12-,13+,16?;/m1./s1. The topological polar surface area (TPSA) is 59.0 Å². The number of nitrogens with one attached hydrogen (secondary N) is 2. The van der Waals surface area contributed by atoms with Gasteiger partial charge in [-0.05, 0) is 24.1 Å². The molecule has 26 heavy (non-hydrogen) atoms. The third kappa shape index (κ3) is 3.46. The highest BCUT2D eigenvalue weighted by molar-refractivity contribution is 5.85. The molecule has 2 aromatic rings. The Morgan fingerprint density at radius 3 is 2.65 bits per heavy atom. The third-order valence-corrected chi connectivity index (χ3v) is 5.19. The van der Waals surface area contributed by atoms with Gasteiger partial charge in [0.1, 0.15) is 11.6 Å². The predicted octanol–water partition coefficient (Wildman–Crippen LogP) is 2.10. The quantitative estimate of drug-likeness (QED) is 0.851. The molecule has 1 aromatic heterocycles. The van der Waals surface area contributed by atoms with Gasteiger partial charge in [-0.2, -0.15) is 5.10 Å². The second-order valence-corrected chi connectivity index (χ2v) is 6.91. The molecular formula is C18H21ClF2N4O. The maximum atomic E-state index is 13.9. The highest BCUT2D eigenvalue weighted by Crippen LogP contribution is 2.43. The van der Waals surface area contributed by atoms with Crippen LogP contribution in [0.25, 0.3) is 0 Å². The molecular weight excluding hydrogens is 362 g/mol. The van der Waals surface area contributed by atoms with Crippen LogP contribution in [0.15, 0.2) is 30.6 Å². The predicted molar refractivity (Wildman–Crippen MR) is 95.2 cm³/mol. The Hall–Kier alpha value is -1.99. The van der Waals surface area contributed by atoms with Gasteiger partial charge in [-0.15, -0.1) is 12.4 Å². The van der Waals surface area contributed by atoms with E-state index in [1.165, 1.54) is 18.2 Å². The summed E-state index contributed by atoms with van der Waals surface area (Å²) in [5.74, 6) is -1.57. The number of nitrogens with zero attached hydrogens (tertiary/aromatic N) is 2. The summed E-state index contributed by atoms with van der Waals surface area (Å²) < 4.78 is 29.5. The van der Waals surface area contributed by atoms with Gasteiger partial charge < -0.3 is 10.6 Å². The summed E-state index contributed by atoms with van der Waals surface area (Å²) >= 11 is 0. The lowest BCUT2D eigenvalue weighted by Crippen LogP contribution is -2.36. The number of benzene rings is 1. The van der Waals surface area contributed by atoms with Crippen LogP contribution in [0.3, 0.4) is 0 Å². The maximum absolute atomic E-state index is 13.9. The molecule has 1 aliphatic heterocycles. The van der Waals surface area contributed by atoms with Crippen LogP contribution in [0, 0.1) is 17.6 Å². The molecule has 8 heteroatoms. The van der Waals surface area contributed by atoms with E-state index in [2.05, 4.69) is 15.7 Å². The van der Waals surface area contributed by atoms with Gasteiger partial charge in [-0.25, -0.2) is 8.78 Å². The molecule has 1 aromatic carbocycles. The lowest BCUT2D eigenvalue weighted by atomic mass is 9.90. The van der Waals surface area contributed by atoms with Crippen LogP contribution in [-0.2, 0) is 11.8 Å². The fourth-order valence-electron chi connectivity index (χ4n) is 3.76. The van der Waals surface area contributed by atoms with E-state index < -0.39 is 11.6 Å². The normalized spacial score (nSPS) is 27.0. The van der Waals surface area contributed by atoms with Crippen molar-refractivity contribution in [2.75, 3.05) is 13.1 Å². The van der Waals surface area contributed by atoms with Crippen molar-refractivity contribution in [1.29, 1.82) is 0 Å². The number of aromatic nitrogens is 2. The Bertz CT molecular complexity index is 792. The summed E-state index contributed by atoms with van der Waals surface area (Å²) in [7, 11) is 1.85. The molecule has 1 aliphatic carbocycles. The molecule has 1 saturated heterocycles. The van der Waals surface area contributed by atoms with E-state index >= 15 is 0 Å². The first-order valence-corrected chi connectivity index (χ1v) is 8.48. The van der Waals surface area contributed by atoms with E-state index in [4.69, 9.17) is 0 Å². The molecule has 1 saturated carbocycles. The molecule has 2 N–H and O–H groups in total. The number of rotatable bonds is 4. The lowest BCUT2D eigenvalue weighted by Gasteiger charge is -2.17. The van der Waals surface area contributed by atoms with Gasteiger partial charge in [0.2, 0.25) is 5.91 Å². The van der Waals surface area contributed by atoms with Crippen molar-refractivity contribution in [2.45, 2.75) is 24.3 Å². The molecule has 2 fully saturated rings. The molecule has 0 radical (unpaired) electrons. The average Bonchev–Trinajstić information content (AvgIpc) is 2.99. The minimum atomic E-state index is -0.544. The summed E-state index contributed by atoms with van der Waals surface area (Å²) in [4.78, 5) is 12.7. The summed E-state index contributed by atoms with van der Waals surface area (Å²) in [5.41, 5.74) is 1.11. The summed E-state index contributed by atoms with van der Waals surface area (Å²) in [6, 6.07) is 3.67. The molecule has 4 rings (SSSR count). The average molecular weight is 383 g/mol. The molecule has 140 valence electrons. The molecule has 1 amide bonds. The first-order valence-electron chi connectivity index (χ1n) is 8.48. The highest BCUT2D eigenvalue weighted by atomic mass is 35.5. The second-order valence-electron chi connectivity index (χ2n) is 6.91. The second kappa shape index (κ2) is 7.32. The number of hydrogen-bond acceptors (Lipinski definition) is 3. The Morgan fingerprint density at radius 2 is 2.00 bits per heavy atom. The Balaban J connectivity index is 0.00000196. The summed E-state index contributed by atoms with van der Waals surface area (Å²) in [6.07, 6.45) is 4.28. The van der Waals surface area contributed by atoms with E-state index in [9.17, 15) is 13.6 Å². The minimum absolute atomic E-state index is 0. The zero-order chi connectivity index (χ0) is 17.6. The number of carbonyl (C=O) groups is 1. The molecule has 5 nitrogen and oxygen atoms in total. The van der Waals surface area contributed by atoms with Crippen LogP contribution < -0.4 is 10.6 Å². The van der Waals surface area contributed by atoms with Crippen molar-refractivity contribution >= 4 is 18.3 Å². The highest BCUT2D eigenvalue weighted by Gasteiger charge is 2.45. The molecule has 0 bridgehead atoms. The molecule has 2 heterocycles. The van der Waals surface area contributed by atoms with Gasteiger partial charge in [0.25, 0.3) is 0 Å². The summed E-state index contributed by atoms with van der Waals surface area (Å²) in [6.45, 7) is 1.32. The summed E-state index contributed by atoms with van der Waals surface area (Å²) in [5, 5.41) is 10.4. The fourth-order valence-corrected chi connectivity index (χ4v) is 3.76. The zero-order valence-corrected chi connectivity index (χ0v) is 15.1. The smallest absolute Gasteiger partial charge is 0.225 e. The Labute approximate surface area is 156 Å². The SMILES string of the molecule is Cl.Cn1cc([C@H]2CNC[C@@H]2C(=O)NC2CC2c2c(F)cccc2F)cn1. The number of hydrogen-bond donors (Lipinski definition) is 2. The van der Waals surface area contributed by atoms with Crippen LogP contribution in [0.1, 0.15) is 29.4 Å². The maximum Gasteiger partial charge on any atom is 0.225 e. The van der Waals surface area contributed by atoms with Gasteiger partial charge in [-0.3, -0.25) is 9.48 Å². The third-order valence-electron chi connectivity index (χ3n) is 5.19. The number of amides is 1. The van der Waals surface area contributed by atoms with E-state index in [0.717, 1.165) is 12.1 Å². The van der Waals surface area contributed by atoms with Crippen LogP contribution in [0.2, 0.25) is 0 Å². The van der Waals surface area contributed by atoms with Crippen molar-refractivity contribution in [2.24, 2.45) is 13.0 Å². The van der Waals surface area contributed by atoms with Crippen molar-refractivity contribution in [1.82, 2.24) is 20.4 Å². The van der Waals surface area contributed by atoms with Crippen molar-refractivity contribution in [3.05, 3.63) is 53.4 Å². The first-order chi connectivity index (χ1) is 12.0. The number of carbonyl (C=O) groups excluding carboxylic acids is 1. The van der Waals surface area contributed by atoms with Crippen LogP contribution >= 0.6 is 12.4 Å². The van der Waals surface area contributed by atoms with Gasteiger partial charge in [0.15, 0.2) is 0 Å². The zero-order valence-electron chi connectivity index (χ0n) is 14.3. The van der Waals surface area contributed by atoms with Gasteiger partial charge in [-0.1, -0.05) is 6.07 Å². The minimum Gasteiger partial charge on any atom is -0.352 e. The Kier molecular flexibility index (Phi) is 5.29. The molecule has 2 unspecified atom stereocenters. The van der Waals surface area contributed by atoms with Gasteiger partial charge in [0.05, 0.1) is 12.1 Å². The Morgan fingerprint density at radius 1 is 1.27 bits per heavy atom. The molecule has 0 spiro atoms. The lowest BCUT2D eigenvalue weighted by molar-refractivity contribution is -0.125. The van der Waals surface area contributed by atoms with Crippen molar-refractivity contribution in [3.63, 3.8) is 0 Å². The van der Waals surface area contributed by atoms with Crippen LogP contribution in [0.4, 0.5) is 8.78 Å². The number of halogens is 3. The van der Waals surface area contributed by atoms with Gasteiger partial charge in [0, 0.05) is 49.8 Å². The van der Waals surface area contributed by atoms with Crippen molar-refractivity contribution in [3.8, 4) is 0 Å². The number of aryl methyl sites for hydroxylation is 1. The van der Waals surface area contributed by atoms with Crippen LogP contribution in [0.5, 0.6) is 0 Å². The first kappa shape index (κ1) is 18.8. The fraction of sp³-hybridized carbons (Fsp3) is 0.444. The van der Waals surface area contributed by atoms with E-state index in [-0.39, 0.29) is 47.7 Å². The van der Waals surface area contributed by atoms with Gasteiger partial charge >= 0.3 is 0 Å². The molecule has 2 aliphatic rings. The van der Waals surface area contributed by atoms with E-state index in [1.807, 2.05) is 13.2 Å². The largest absolute Gasteiger partial charge is 0.352 e. The van der Waals surface area contributed by atoms with Crippen LogP contribution in [-0.4, -0.2) is 34.8 Å². The monoisotopic (exact) mass is 382 g/mol. The molecule has 4 atom stereocenters. The van der Waals surface area contributed by atoms with E-state index in [0.29, 0.717) is 13.0 Å². The van der Waals surface area contributed by atoms with Crippen molar-refractivity contribution < 1.29 is 13.6 Å². The van der Waals surface area contributed by atoms with E-state index in [1.54, 1.807) is 10.9 Å².